The van der Waals surface area contributed by atoms with Crippen molar-refractivity contribution >= 4 is 17.7 Å². The third-order valence-corrected chi connectivity index (χ3v) is 3.18. The van der Waals surface area contributed by atoms with Crippen molar-refractivity contribution in [2.75, 3.05) is 25.1 Å². The minimum Gasteiger partial charge on any atom is -0.450 e. The first-order chi connectivity index (χ1) is 10.2. The van der Waals surface area contributed by atoms with E-state index >= 15 is 0 Å². The van der Waals surface area contributed by atoms with Gasteiger partial charge in [-0.1, -0.05) is 0 Å². The van der Waals surface area contributed by atoms with Crippen molar-refractivity contribution in [1.82, 2.24) is 5.32 Å². The molecular weight excluding hydrogens is 272 g/mol. The molecule has 0 radical (unpaired) electrons. The molecule has 0 unspecified atom stereocenters. The lowest BCUT2D eigenvalue weighted by Gasteiger charge is -2.11. The van der Waals surface area contributed by atoms with Crippen LogP contribution in [-0.2, 0) is 9.47 Å². The quantitative estimate of drug-likeness (QED) is 0.872. The lowest BCUT2D eigenvalue weighted by molar-refractivity contribution is 0.0858. The first kappa shape index (κ1) is 15.3. The lowest BCUT2D eigenvalue weighted by atomic mass is 10.2. The molecule has 1 aromatic rings. The maximum atomic E-state index is 12.0. The van der Waals surface area contributed by atoms with Crippen molar-refractivity contribution < 1.29 is 19.1 Å². The van der Waals surface area contributed by atoms with Gasteiger partial charge in [-0.05, 0) is 44.0 Å². The van der Waals surface area contributed by atoms with Crippen molar-refractivity contribution in [2.24, 2.45) is 0 Å². The zero-order chi connectivity index (χ0) is 15.1. The van der Waals surface area contributed by atoms with E-state index in [9.17, 15) is 9.59 Å². The van der Waals surface area contributed by atoms with Crippen molar-refractivity contribution in [3.05, 3.63) is 29.8 Å². The fourth-order valence-corrected chi connectivity index (χ4v) is 2.10. The van der Waals surface area contributed by atoms with Crippen LogP contribution in [0.3, 0.4) is 0 Å². The van der Waals surface area contributed by atoms with Crippen LogP contribution in [0.4, 0.5) is 10.5 Å². The Morgan fingerprint density at radius 3 is 2.71 bits per heavy atom. The second kappa shape index (κ2) is 7.64. The number of carbonyl (C=O) groups is 2. The summed E-state index contributed by atoms with van der Waals surface area (Å²) in [6.07, 6.45) is 1.66. The van der Waals surface area contributed by atoms with E-state index in [-0.39, 0.29) is 12.0 Å². The number of amides is 2. The van der Waals surface area contributed by atoms with Crippen LogP contribution in [0.25, 0.3) is 0 Å². The second-order valence-corrected chi connectivity index (χ2v) is 4.77. The molecule has 1 atom stereocenters. The molecule has 0 bridgehead atoms. The minimum absolute atomic E-state index is 0.124. The van der Waals surface area contributed by atoms with E-state index in [0.717, 1.165) is 19.4 Å². The molecule has 2 N–H and O–H groups in total. The van der Waals surface area contributed by atoms with Crippen LogP contribution in [0.2, 0.25) is 0 Å². The molecule has 1 fully saturated rings. The summed E-state index contributed by atoms with van der Waals surface area (Å²) in [6, 6.07) is 6.65. The van der Waals surface area contributed by atoms with Crippen molar-refractivity contribution in [2.45, 2.75) is 25.9 Å². The first-order valence-corrected chi connectivity index (χ1v) is 7.12. The van der Waals surface area contributed by atoms with Crippen molar-refractivity contribution in [3.63, 3.8) is 0 Å². The monoisotopic (exact) mass is 292 g/mol. The molecule has 1 aromatic carbocycles. The van der Waals surface area contributed by atoms with Crippen molar-refractivity contribution in [1.29, 1.82) is 0 Å². The van der Waals surface area contributed by atoms with E-state index in [1.807, 2.05) is 0 Å². The Hall–Kier alpha value is -2.08. The van der Waals surface area contributed by atoms with Gasteiger partial charge in [-0.2, -0.15) is 0 Å². The first-order valence-electron chi connectivity index (χ1n) is 7.12. The van der Waals surface area contributed by atoms with E-state index in [2.05, 4.69) is 10.6 Å². The van der Waals surface area contributed by atoms with Crippen molar-refractivity contribution in [3.8, 4) is 0 Å². The highest BCUT2D eigenvalue weighted by molar-refractivity contribution is 5.95. The normalized spacial score (nSPS) is 17.3. The van der Waals surface area contributed by atoms with Crippen LogP contribution >= 0.6 is 0 Å². The number of anilines is 1. The van der Waals surface area contributed by atoms with Gasteiger partial charge in [0, 0.05) is 24.4 Å². The summed E-state index contributed by atoms with van der Waals surface area (Å²) in [7, 11) is 0. The molecule has 1 heterocycles. The van der Waals surface area contributed by atoms with Gasteiger partial charge in [0.15, 0.2) is 0 Å². The minimum atomic E-state index is -0.506. The summed E-state index contributed by atoms with van der Waals surface area (Å²) in [6.45, 7) is 3.35. The van der Waals surface area contributed by atoms with Crippen LogP contribution in [0.5, 0.6) is 0 Å². The molecule has 0 spiro atoms. The van der Waals surface area contributed by atoms with Gasteiger partial charge >= 0.3 is 6.09 Å². The van der Waals surface area contributed by atoms with E-state index < -0.39 is 6.09 Å². The molecule has 1 saturated heterocycles. The number of rotatable bonds is 5. The summed E-state index contributed by atoms with van der Waals surface area (Å²) in [4.78, 5) is 23.2. The molecule has 6 heteroatoms. The van der Waals surface area contributed by atoms with Gasteiger partial charge in [0.05, 0.1) is 12.7 Å². The number of hydrogen-bond acceptors (Lipinski definition) is 4. The van der Waals surface area contributed by atoms with E-state index in [1.54, 1.807) is 31.2 Å². The Bertz CT molecular complexity index is 481. The Morgan fingerprint density at radius 1 is 1.33 bits per heavy atom. The van der Waals surface area contributed by atoms with Crippen LogP contribution in [0.15, 0.2) is 24.3 Å². The number of carbonyl (C=O) groups excluding carboxylic acids is 2. The standard InChI is InChI=1S/C15H20N2O4/c1-2-20-15(19)17-12-7-5-11(6-8-12)14(18)16-10-13-4-3-9-21-13/h5-8,13H,2-4,9-10H2,1H3,(H,16,18)(H,17,19)/t13-/m0/s1. The molecule has 0 aliphatic carbocycles. The van der Waals surface area contributed by atoms with Gasteiger partial charge < -0.3 is 14.8 Å². The molecule has 0 saturated carbocycles. The molecule has 21 heavy (non-hydrogen) atoms. The van der Waals surface area contributed by atoms with Gasteiger partial charge in [-0.15, -0.1) is 0 Å². The topological polar surface area (TPSA) is 76.7 Å². The maximum absolute atomic E-state index is 12.0. The van der Waals surface area contributed by atoms with Gasteiger partial charge in [0.1, 0.15) is 0 Å². The molecule has 114 valence electrons. The summed E-state index contributed by atoms with van der Waals surface area (Å²) in [5.41, 5.74) is 1.13. The zero-order valence-electron chi connectivity index (χ0n) is 12.1. The van der Waals surface area contributed by atoms with Crippen LogP contribution in [0.1, 0.15) is 30.1 Å². The third-order valence-electron chi connectivity index (χ3n) is 3.18. The smallest absolute Gasteiger partial charge is 0.411 e. The Labute approximate surface area is 123 Å². The number of ether oxygens (including phenoxy) is 2. The average Bonchev–Trinajstić information content (AvgIpc) is 2.99. The third kappa shape index (κ3) is 4.75. The predicted molar refractivity (Wildman–Crippen MR) is 78.4 cm³/mol. The Balaban J connectivity index is 1.82. The van der Waals surface area contributed by atoms with Gasteiger partial charge in [-0.3, -0.25) is 10.1 Å². The number of nitrogens with one attached hydrogen (secondary N) is 2. The summed E-state index contributed by atoms with van der Waals surface area (Å²) >= 11 is 0. The SMILES string of the molecule is CCOC(=O)Nc1ccc(C(=O)NC[C@@H]2CCCO2)cc1. The van der Waals surface area contributed by atoms with Crippen LogP contribution in [-0.4, -0.2) is 37.9 Å². The van der Waals surface area contributed by atoms with E-state index in [1.165, 1.54) is 0 Å². The van der Waals surface area contributed by atoms with E-state index in [4.69, 9.17) is 9.47 Å². The maximum Gasteiger partial charge on any atom is 0.411 e. The Morgan fingerprint density at radius 2 is 2.10 bits per heavy atom. The van der Waals surface area contributed by atoms with Crippen LogP contribution in [0, 0.1) is 0 Å². The zero-order valence-corrected chi connectivity index (χ0v) is 12.1. The fraction of sp³-hybridized carbons (Fsp3) is 0.467. The molecule has 1 aliphatic heterocycles. The summed E-state index contributed by atoms with van der Waals surface area (Å²) < 4.78 is 10.2. The molecule has 2 rings (SSSR count). The van der Waals surface area contributed by atoms with Gasteiger partial charge in [0.2, 0.25) is 0 Å². The molecule has 1 aliphatic rings. The summed E-state index contributed by atoms with van der Waals surface area (Å²) in [5, 5.41) is 5.42. The highest BCUT2D eigenvalue weighted by Crippen LogP contribution is 2.12. The predicted octanol–water partition coefficient (Wildman–Crippen LogP) is 2.16. The van der Waals surface area contributed by atoms with Crippen LogP contribution < -0.4 is 10.6 Å². The highest BCUT2D eigenvalue weighted by Gasteiger charge is 2.16. The second-order valence-electron chi connectivity index (χ2n) is 4.77. The molecule has 2 amide bonds. The van der Waals surface area contributed by atoms with Gasteiger partial charge in [-0.25, -0.2) is 4.79 Å². The lowest BCUT2D eigenvalue weighted by Crippen LogP contribution is -2.31. The fourth-order valence-electron chi connectivity index (χ4n) is 2.10. The number of hydrogen-bond donors (Lipinski definition) is 2. The molecule has 6 nitrogen and oxygen atoms in total. The summed E-state index contributed by atoms with van der Waals surface area (Å²) in [5.74, 6) is -0.145. The largest absolute Gasteiger partial charge is 0.450 e. The van der Waals surface area contributed by atoms with E-state index in [0.29, 0.717) is 24.4 Å². The Kier molecular flexibility index (Phi) is 5.57. The number of benzene rings is 1. The molecular formula is C15H20N2O4. The van der Waals surface area contributed by atoms with Gasteiger partial charge in [0.25, 0.3) is 5.91 Å². The average molecular weight is 292 g/mol. The highest BCUT2D eigenvalue weighted by atomic mass is 16.5. The molecule has 0 aromatic heterocycles.